The van der Waals surface area contributed by atoms with Crippen molar-refractivity contribution in [2.24, 2.45) is 0 Å². The lowest BCUT2D eigenvalue weighted by Crippen LogP contribution is -2.10. The highest BCUT2D eigenvalue weighted by atomic mass is 19.4. The zero-order valence-electron chi connectivity index (χ0n) is 11.7. The molecule has 0 radical (unpaired) electrons. The number of halogens is 3. The lowest BCUT2D eigenvalue weighted by molar-refractivity contribution is -0.140. The average molecular weight is 290 g/mol. The van der Waals surface area contributed by atoms with E-state index >= 15 is 0 Å². The molecule has 1 rings (SSSR count). The van der Waals surface area contributed by atoms with Crippen LogP contribution in [0.25, 0.3) is 0 Å². The van der Waals surface area contributed by atoms with Crippen molar-refractivity contribution in [1.82, 2.24) is 0 Å². The number of phenolic OH excluding ortho intramolecular Hbond substituents is 2. The zero-order valence-corrected chi connectivity index (χ0v) is 11.7. The van der Waals surface area contributed by atoms with Crippen molar-refractivity contribution in [3.63, 3.8) is 0 Å². The number of hydrogen-bond acceptors (Lipinski definition) is 3. The topological polar surface area (TPSA) is 49.7 Å². The molecule has 2 N–H and O–H groups in total. The Kier molecular flexibility index (Phi) is 4.57. The smallest absolute Gasteiger partial charge is 0.423 e. The first kappa shape index (κ1) is 16.2. The van der Waals surface area contributed by atoms with Gasteiger partial charge in [-0.1, -0.05) is 11.6 Å². The summed E-state index contributed by atoms with van der Waals surface area (Å²) in [5.41, 5.74) is -0.241. The number of alkyl halides is 3. The predicted molar refractivity (Wildman–Crippen MR) is 69.2 cm³/mol. The van der Waals surface area contributed by atoms with Gasteiger partial charge in [0.15, 0.2) is 11.5 Å². The summed E-state index contributed by atoms with van der Waals surface area (Å²) in [6, 6.07) is 0. The molecule has 1 aromatic rings. The first-order valence-corrected chi connectivity index (χ1v) is 5.93. The summed E-state index contributed by atoms with van der Waals surface area (Å²) in [5.74, 6) is -2.26. The van der Waals surface area contributed by atoms with Gasteiger partial charge in [0.2, 0.25) is 0 Å². The van der Waals surface area contributed by atoms with Crippen LogP contribution < -0.4 is 4.74 Å². The molecule has 20 heavy (non-hydrogen) atoms. The number of hydrogen-bond donors (Lipinski definition) is 2. The first-order chi connectivity index (χ1) is 9.11. The summed E-state index contributed by atoms with van der Waals surface area (Å²) < 4.78 is 43.7. The fourth-order valence-corrected chi connectivity index (χ4v) is 1.89. The molecular formula is C14H17F3O3. The molecule has 0 aliphatic rings. The molecule has 0 aliphatic heterocycles. The van der Waals surface area contributed by atoms with Crippen molar-refractivity contribution < 1.29 is 28.1 Å². The molecule has 0 saturated carbocycles. The molecule has 0 spiro atoms. The molecule has 0 saturated heterocycles. The third kappa shape index (κ3) is 3.00. The lowest BCUT2D eigenvalue weighted by atomic mass is 9.97. The molecule has 6 heteroatoms. The van der Waals surface area contributed by atoms with Crippen LogP contribution in [0.1, 0.15) is 30.5 Å². The normalized spacial score (nSPS) is 11.3. The zero-order chi connectivity index (χ0) is 15.7. The summed E-state index contributed by atoms with van der Waals surface area (Å²) in [5, 5.41) is 19.8. The Hall–Kier alpha value is -1.85. The summed E-state index contributed by atoms with van der Waals surface area (Å²) in [6.07, 6.45) is -3.05. The third-order valence-electron chi connectivity index (χ3n) is 2.97. The first-order valence-electron chi connectivity index (χ1n) is 5.93. The number of rotatable bonds is 3. The van der Waals surface area contributed by atoms with Gasteiger partial charge in [0, 0.05) is 11.1 Å². The maximum atomic E-state index is 13.0. The van der Waals surface area contributed by atoms with Crippen molar-refractivity contribution in [1.29, 1.82) is 0 Å². The lowest BCUT2D eigenvalue weighted by Gasteiger charge is -2.19. The van der Waals surface area contributed by atoms with E-state index in [-0.39, 0.29) is 17.5 Å². The third-order valence-corrected chi connectivity index (χ3v) is 2.97. The molecule has 0 heterocycles. The molecule has 0 fully saturated rings. The highest BCUT2D eigenvalue weighted by molar-refractivity contribution is 5.63. The number of allylic oxidation sites excluding steroid dienone is 2. The van der Waals surface area contributed by atoms with Gasteiger partial charge in [-0.2, -0.15) is 13.2 Å². The minimum absolute atomic E-state index is 0.0387. The standard InChI is InChI=1S/C14H17F3O3/c1-7(2)5-6-9-8(3)11(18)13(20-4)10(12(9)19)14(15,16)17/h5,18-19H,6H2,1-4H3. The van der Waals surface area contributed by atoms with Gasteiger partial charge < -0.3 is 14.9 Å². The number of methoxy groups -OCH3 is 1. The van der Waals surface area contributed by atoms with Gasteiger partial charge in [-0.15, -0.1) is 0 Å². The summed E-state index contributed by atoms with van der Waals surface area (Å²) >= 11 is 0. The highest BCUT2D eigenvalue weighted by Gasteiger charge is 2.41. The molecule has 0 bridgehead atoms. The van der Waals surface area contributed by atoms with Crippen LogP contribution in [0.4, 0.5) is 13.2 Å². The van der Waals surface area contributed by atoms with Crippen molar-refractivity contribution in [2.75, 3.05) is 7.11 Å². The van der Waals surface area contributed by atoms with E-state index in [2.05, 4.69) is 4.74 Å². The molecular weight excluding hydrogens is 273 g/mol. The van der Waals surface area contributed by atoms with Crippen molar-refractivity contribution in [3.05, 3.63) is 28.3 Å². The van der Waals surface area contributed by atoms with Gasteiger partial charge in [-0.05, 0) is 27.2 Å². The van der Waals surface area contributed by atoms with Gasteiger partial charge in [-0.25, -0.2) is 0 Å². The summed E-state index contributed by atoms with van der Waals surface area (Å²) in [4.78, 5) is 0. The Morgan fingerprint density at radius 2 is 1.75 bits per heavy atom. The van der Waals surface area contributed by atoms with Crippen LogP contribution in [0.2, 0.25) is 0 Å². The fraction of sp³-hybridized carbons (Fsp3) is 0.429. The second kappa shape index (κ2) is 5.64. The van der Waals surface area contributed by atoms with Crippen LogP contribution in [-0.4, -0.2) is 17.3 Å². The molecule has 0 atom stereocenters. The second-order valence-corrected chi connectivity index (χ2v) is 4.69. The molecule has 112 valence electrons. The predicted octanol–water partition coefficient (Wildman–Crippen LogP) is 3.94. The van der Waals surface area contributed by atoms with Gasteiger partial charge in [-0.3, -0.25) is 0 Å². The second-order valence-electron chi connectivity index (χ2n) is 4.69. The number of phenols is 2. The van der Waals surface area contributed by atoms with E-state index in [4.69, 9.17) is 0 Å². The van der Waals surface area contributed by atoms with E-state index in [1.165, 1.54) is 6.92 Å². The van der Waals surface area contributed by atoms with Gasteiger partial charge in [0.05, 0.1) is 7.11 Å². The van der Waals surface area contributed by atoms with Crippen molar-refractivity contribution in [2.45, 2.75) is 33.4 Å². The van der Waals surface area contributed by atoms with Crippen LogP contribution in [-0.2, 0) is 12.6 Å². The Morgan fingerprint density at radius 1 is 1.20 bits per heavy atom. The van der Waals surface area contributed by atoms with Crippen LogP contribution in [0.3, 0.4) is 0 Å². The molecule has 0 amide bonds. The van der Waals surface area contributed by atoms with Gasteiger partial charge in [0.25, 0.3) is 0 Å². The average Bonchev–Trinajstić information content (AvgIpc) is 2.31. The Labute approximate surface area is 115 Å². The van der Waals surface area contributed by atoms with Crippen LogP contribution in [0.15, 0.2) is 11.6 Å². The Morgan fingerprint density at radius 3 is 2.15 bits per heavy atom. The van der Waals surface area contributed by atoms with Crippen molar-refractivity contribution in [3.8, 4) is 17.2 Å². The quantitative estimate of drug-likeness (QED) is 0.654. The van der Waals surface area contributed by atoms with Gasteiger partial charge >= 0.3 is 6.18 Å². The Balaban J connectivity index is 3.64. The van der Waals surface area contributed by atoms with Crippen LogP contribution in [0, 0.1) is 6.92 Å². The monoisotopic (exact) mass is 290 g/mol. The van der Waals surface area contributed by atoms with Crippen molar-refractivity contribution >= 4 is 0 Å². The molecule has 0 aromatic heterocycles. The highest BCUT2D eigenvalue weighted by Crippen LogP contribution is 2.50. The number of aromatic hydroxyl groups is 2. The van der Waals surface area contributed by atoms with E-state index in [9.17, 15) is 23.4 Å². The summed E-state index contributed by atoms with van der Waals surface area (Å²) in [6.45, 7) is 5.02. The largest absolute Gasteiger partial charge is 0.507 e. The fourth-order valence-electron chi connectivity index (χ4n) is 1.89. The molecule has 1 aromatic carbocycles. The maximum Gasteiger partial charge on any atom is 0.423 e. The van der Waals surface area contributed by atoms with E-state index in [0.717, 1.165) is 12.7 Å². The molecule has 3 nitrogen and oxygen atoms in total. The Bertz CT molecular complexity index is 542. The number of benzene rings is 1. The van der Waals surface area contributed by atoms with E-state index in [1.807, 2.05) is 0 Å². The number of ether oxygens (including phenoxy) is 1. The SMILES string of the molecule is COc1c(O)c(C)c(CC=C(C)C)c(O)c1C(F)(F)F. The summed E-state index contributed by atoms with van der Waals surface area (Å²) in [7, 11) is 1.01. The minimum Gasteiger partial charge on any atom is -0.507 e. The van der Waals surface area contributed by atoms with Crippen LogP contribution >= 0.6 is 0 Å². The van der Waals surface area contributed by atoms with Crippen LogP contribution in [0.5, 0.6) is 17.2 Å². The minimum atomic E-state index is -4.82. The van der Waals surface area contributed by atoms with E-state index in [1.54, 1.807) is 19.9 Å². The molecule has 0 unspecified atom stereocenters. The van der Waals surface area contributed by atoms with Gasteiger partial charge in [0.1, 0.15) is 11.3 Å². The maximum absolute atomic E-state index is 13.0. The van der Waals surface area contributed by atoms with E-state index in [0.29, 0.717) is 0 Å². The van der Waals surface area contributed by atoms with E-state index < -0.39 is 29.0 Å². The molecule has 0 aliphatic carbocycles.